The van der Waals surface area contributed by atoms with Crippen LogP contribution in [0.1, 0.15) is 24.5 Å². The molecule has 0 saturated carbocycles. The van der Waals surface area contributed by atoms with E-state index in [2.05, 4.69) is 30.0 Å². The van der Waals surface area contributed by atoms with Crippen LogP contribution in [0, 0.1) is 12.7 Å². The number of anilines is 1. The predicted octanol–water partition coefficient (Wildman–Crippen LogP) is 3.22. The molecule has 154 valence electrons. The Balaban J connectivity index is 1.51. The molecule has 0 unspecified atom stereocenters. The number of amides is 2. The van der Waals surface area contributed by atoms with E-state index in [1.807, 2.05) is 11.0 Å². The number of carbonyl (C=O) groups excluding carboxylic acids is 2. The minimum atomic E-state index is -0.336. The molecule has 2 aromatic rings. The fourth-order valence-electron chi connectivity index (χ4n) is 3.61. The first-order chi connectivity index (χ1) is 13.9. The monoisotopic (exact) mass is 397 g/mol. The number of rotatable bonds is 6. The van der Waals surface area contributed by atoms with Crippen molar-refractivity contribution in [3.8, 4) is 0 Å². The summed E-state index contributed by atoms with van der Waals surface area (Å²) >= 11 is 0. The van der Waals surface area contributed by atoms with Crippen LogP contribution in [0.4, 0.5) is 10.1 Å². The zero-order valence-corrected chi connectivity index (χ0v) is 17.1. The number of piperazine rings is 1. The number of carbonyl (C=O) groups is 2. The predicted molar refractivity (Wildman–Crippen MR) is 112 cm³/mol. The van der Waals surface area contributed by atoms with Crippen LogP contribution < -0.4 is 4.90 Å². The van der Waals surface area contributed by atoms with Gasteiger partial charge in [-0.05, 0) is 30.7 Å². The summed E-state index contributed by atoms with van der Waals surface area (Å²) in [6, 6.07) is 14.8. The van der Waals surface area contributed by atoms with Crippen molar-refractivity contribution in [1.82, 2.24) is 9.80 Å². The molecule has 1 aliphatic heterocycles. The third-order valence-corrected chi connectivity index (χ3v) is 5.36. The summed E-state index contributed by atoms with van der Waals surface area (Å²) in [7, 11) is 0. The first-order valence-corrected chi connectivity index (χ1v) is 10.0. The van der Waals surface area contributed by atoms with Gasteiger partial charge in [0.1, 0.15) is 5.82 Å². The molecule has 1 saturated heterocycles. The van der Waals surface area contributed by atoms with Gasteiger partial charge in [-0.25, -0.2) is 4.39 Å². The molecule has 1 aliphatic rings. The fraction of sp³-hybridized carbons (Fsp3) is 0.391. The van der Waals surface area contributed by atoms with E-state index < -0.39 is 0 Å². The summed E-state index contributed by atoms with van der Waals surface area (Å²) in [5.74, 6) is -0.462. The van der Waals surface area contributed by atoms with Crippen molar-refractivity contribution in [2.24, 2.45) is 0 Å². The molecule has 0 atom stereocenters. The maximum Gasteiger partial charge on any atom is 0.224 e. The minimum absolute atomic E-state index is 0.0358. The largest absolute Gasteiger partial charge is 0.368 e. The Hall–Kier alpha value is -2.89. The lowest BCUT2D eigenvalue weighted by molar-refractivity contribution is -0.134. The molecule has 0 aromatic heterocycles. The second kappa shape index (κ2) is 9.54. The third-order valence-electron chi connectivity index (χ3n) is 5.36. The van der Waals surface area contributed by atoms with Crippen LogP contribution in [0.15, 0.2) is 48.5 Å². The standard InChI is InChI=1S/C23H28FN3O2/c1-18-6-5-8-21(16-18)25-12-14-26(15-13-25)23(29)10-11-27(19(2)28)17-20-7-3-4-9-22(20)24/h3-9,16H,10-15,17H2,1-2H3. The normalized spacial score (nSPS) is 14.0. The molecule has 0 aliphatic carbocycles. The topological polar surface area (TPSA) is 43.9 Å². The third kappa shape index (κ3) is 5.56. The lowest BCUT2D eigenvalue weighted by Gasteiger charge is -2.36. The van der Waals surface area contributed by atoms with Crippen molar-refractivity contribution in [1.29, 1.82) is 0 Å². The average Bonchev–Trinajstić information content (AvgIpc) is 2.72. The van der Waals surface area contributed by atoms with E-state index in [1.54, 1.807) is 18.2 Å². The molecule has 2 aromatic carbocycles. The van der Waals surface area contributed by atoms with Crippen LogP contribution in [0.5, 0.6) is 0 Å². The molecule has 2 amide bonds. The number of nitrogens with zero attached hydrogens (tertiary/aromatic N) is 3. The lowest BCUT2D eigenvalue weighted by Crippen LogP contribution is -2.49. The van der Waals surface area contributed by atoms with E-state index in [0.717, 1.165) is 13.1 Å². The van der Waals surface area contributed by atoms with Gasteiger partial charge in [-0.15, -0.1) is 0 Å². The van der Waals surface area contributed by atoms with Crippen LogP contribution in [-0.2, 0) is 16.1 Å². The van der Waals surface area contributed by atoms with Crippen molar-refractivity contribution >= 4 is 17.5 Å². The zero-order valence-electron chi connectivity index (χ0n) is 17.1. The van der Waals surface area contributed by atoms with Gasteiger partial charge >= 0.3 is 0 Å². The van der Waals surface area contributed by atoms with Gasteiger partial charge in [0.05, 0.1) is 0 Å². The second-order valence-electron chi connectivity index (χ2n) is 7.49. The molecule has 6 heteroatoms. The summed E-state index contributed by atoms with van der Waals surface area (Å²) in [4.78, 5) is 30.3. The van der Waals surface area contributed by atoms with Crippen LogP contribution in [0.3, 0.4) is 0 Å². The fourth-order valence-corrected chi connectivity index (χ4v) is 3.61. The smallest absolute Gasteiger partial charge is 0.224 e. The molecule has 1 fully saturated rings. The molecule has 0 radical (unpaired) electrons. The van der Waals surface area contributed by atoms with Crippen molar-refractivity contribution in [2.45, 2.75) is 26.8 Å². The Morgan fingerprint density at radius 1 is 1.03 bits per heavy atom. The molecule has 0 bridgehead atoms. The Morgan fingerprint density at radius 2 is 1.76 bits per heavy atom. The van der Waals surface area contributed by atoms with Crippen LogP contribution in [0.2, 0.25) is 0 Å². The summed E-state index contributed by atoms with van der Waals surface area (Å²) < 4.78 is 13.9. The lowest BCUT2D eigenvalue weighted by atomic mass is 10.1. The van der Waals surface area contributed by atoms with E-state index >= 15 is 0 Å². The summed E-state index contributed by atoms with van der Waals surface area (Å²) in [6.45, 7) is 6.91. The first kappa shape index (κ1) is 20.8. The summed E-state index contributed by atoms with van der Waals surface area (Å²) in [5.41, 5.74) is 2.87. The first-order valence-electron chi connectivity index (χ1n) is 10.0. The molecule has 29 heavy (non-hydrogen) atoms. The second-order valence-corrected chi connectivity index (χ2v) is 7.49. The molecule has 5 nitrogen and oxygen atoms in total. The van der Waals surface area contributed by atoms with Gasteiger partial charge in [-0.1, -0.05) is 30.3 Å². The highest BCUT2D eigenvalue weighted by atomic mass is 19.1. The SMILES string of the molecule is CC(=O)N(CCC(=O)N1CCN(c2cccc(C)c2)CC1)Cc1ccccc1F. The molecule has 0 spiro atoms. The summed E-state index contributed by atoms with van der Waals surface area (Å²) in [5, 5.41) is 0. The van der Waals surface area contributed by atoms with E-state index in [-0.39, 0.29) is 30.6 Å². The Labute approximate surface area is 171 Å². The number of hydrogen-bond donors (Lipinski definition) is 0. The number of halogens is 1. The number of aryl methyl sites for hydroxylation is 1. The van der Waals surface area contributed by atoms with Gasteiger partial charge in [-0.2, -0.15) is 0 Å². The Morgan fingerprint density at radius 3 is 2.41 bits per heavy atom. The molecular formula is C23H28FN3O2. The maximum absolute atomic E-state index is 13.9. The van der Waals surface area contributed by atoms with Crippen molar-refractivity contribution in [3.05, 3.63) is 65.5 Å². The van der Waals surface area contributed by atoms with Gasteiger partial charge < -0.3 is 14.7 Å². The van der Waals surface area contributed by atoms with Crippen LogP contribution in [-0.4, -0.2) is 54.3 Å². The molecule has 3 rings (SSSR count). The Bertz CT molecular complexity index is 863. The molecule has 1 heterocycles. The van der Waals surface area contributed by atoms with Crippen LogP contribution in [0.25, 0.3) is 0 Å². The van der Waals surface area contributed by atoms with Gasteiger partial charge in [-0.3, -0.25) is 9.59 Å². The number of benzene rings is 2. The summed E-state index contributed by atoms with van der Waals surface area (Å²) in [6.07, 6.45) is 0.248. The quantitative estimate of drug-likeness (QED) is 0.752. The highest BCUT2D eigenvalue weighted by molar-refractivity contribution is 5.78. The highest BCUT2D eigenvalue weighted by Gasteiger charge is 2.22. The molecule has 0 N–H and O–H groups in total. The van der Waals surface area contributed by atoms with Crippen LogP contribution >= 0.6 is 0 Å². The van der Waals surface area contributed by atoms with Crippen molar-refractivity contribution < 1.29 is 14.0 Å². The van der Waals surface area contributed by atoms with E-state index in [0.29, 0.717) is 25.2 Å². The van der Waals surface area contributed by atoms with E-state index in [1.165, 1.54) is 29.1 Å². The number of hydrogen-bond acceptors (Lipinski definition) is 3. The maximum atomic E-state index is 13.9. The van der Waals surface area contributed by atoms with Crippen molar-refractivity contribution in [3.63, 3.8) is 0 Å². The van der Waals surface area contributed by atoms with E-state index in [4.69, 9.17) is 0 Å². The Kier molecular flexibility index (Phi) is 6.86. The zero-order chi connectivity index (χ0) is 20.8. The molecular weight excluding hydrogens is 369 g/mol. The minimum Gasteiger partial charge on any atom is -0.368 e. The van der Waals surface area contributed by atoms with E-state index in [9.17, 15) is 14.0 Å². The average molecular weight is 397 g/mol. The van der Waals surface area contributed by atoms with Crippen molar-refractivity contribution in [2.75, 3.05) is 37.6 Å². The van der Waals surface area contributed by atoms with Gasteiger partial charge in [0, 0.05) is 63.9 Å². The van der Waals surface area contributed by atoms with Gasteiger partial charge in [0.15, 0.2) is 0 Å². The van der Waals surface area contributed by atoms with Gasteiger partial charge in [0.25, 0.3) is 0 Å². The highest BCUT2D eigenvalue weighted by Crippen LogP contribution is 2.18. The van der Waals surface area contributed by atoms with Gasteiger partial charge in [0.2, 0.25) is 11.8 Å².